The molecule has 2 heterocycles. The van der Waals surface area contributed by atoms with Gasteiger partial charge in [-0.25, -0.2) is 4.98 Å². The summed E-state index contributed by atoms with van der Waals surface area (Å²) in [5.41, 5.74) is 1.76. The van der Waals surface area contributed by atoms with Crippen LogP contribution in [0.2, 0.25) is 0 Å². The van der Waals surface area contributed by atoms with Crippen molar-refractivity contribution in [2.45, 2.75) is 6.92 Å². The van der Waals surface area contributed by atoms with E-state index >= 15 is 0 Å². The molecule has 0 aliphatic heterocycles. The number of aromatic nitrogens is 1. The molecule has 0 fully saturated rings. The fourth-order valence-corrected chi connectivity index (χ4v) is 3.67. The molecule has 2 aromatic heterocycles. The van der Waals surface area contributed by atoms with Crippen LogP contribution in [0.4, 0.5) is 10.8 Å². The molecule has 4 aromatic rings. The van der Waals surface area contributed by atoms with Crippen molar-refractivity contribution < 1.29 is 14.1 Å². The highest BCUT2D eigenvalue weighted by atomic mass is 32.1. The van der Waals surface area contributed by atoms with Gasteiger partial charge in [0.1, 0.15) is 5.76 Å². The minimum absolute atomic E-state index is 0.131. The molecule has 29 heavy (non-hydrogen) atoms. The lowest BCUT2D eigenvalue weighted by atomic mass is 10.2. The molecule has 0 atom stereocenters. The molecule has 144 valence electrons. The highest BCUT2D eigenvalue weighted by Gasteiger charge is 2.22. The van der Waals surface area contributed by atoms with Crippen molar-refractivity contribution in [3.8, 4) is 0 Å². The van der Waals surface area contributed by atoms with Crippen LogP contribution >= 0.6 is 11.3 Å². The van der Waals surface area contributed by atoms with Crippen molar-refractivity contribution in [3.05, 3.63) is 87.9 Å². The standard InChI is InChI=1S/C20H14N4O4S/c1-13-7-8-17-18(10-13)29-20(22-17)23(21-12-16-6-3-9-28-16)19(25)14-4-2-5-15(11-14)24(26)27/h2-12H,1H3/b21-12-. The third kappa shape index (κ3) is 3.90. The average molecular weight is 406 g/mol. The molecular formula is C20H14N4O4S. The smallest absolute Gasteiger partial charge is 0.281 e. The topological polar surface area (TPSA) is 102 Å². The summed E-state index contributed by atoms with van der Waals surface area (Å²) in [5.74, 6) is -0.0777. The second kappa shape index (κ2) is 7.64. The van der Waals surface area contributed by atoms with Crippen LogP contribution in [0, 0.1) is 17.0 Å². The van der Waals surface area contributed by atoms with Gasteiger partial charge < -0.3 is 4.42 Å². The third-order valence-electron chi connectivity index (χ3n) is 4.05. The van der Waals surface area contributed by atoms with E-state index in [0.29, 0.717) is 10.9 Å². The fourth-order valence-electron chi connectivity index (χ4n) is 2.65. The Morgan fingerprint density at radius 1 is 1.24 bits per heavy atom. The van der Waals surface area contributed by atoms with E-state index in [1.807, 2.05) is 25.1 Å². The van der Waals surface area contributed by atoms with E-state index in [1.54, 1.807) is 12.1 Å². The van der Waals surface area contributed by atoms with E-state index in [-0.39, 0.29) is 11.3 Å². The lowest BCUT2D eigenvalue weighted by Crippen LogP contribution is -2.25. The number of fused-ring (bicyclic) bond motifs is 1. The number of benzene rings is 2. The second-order valence-corrected chi connectivity index (χ2v) is 7.16. The van der Waals surface area contributed by atoms with Crippen molar-refractivity contribution in [1.29, 1.82) is 0 Å². The Balaban J connectivity index is 1.77. The molecule has 0 N–H and O–H groups in total. The Morgan fingerprint density at radius 2 is 2.10 bits per heavy atom. The summed E-state index contributed by atoms with van der Waals surface area (Å²) in [6.45, 7) is 1.97. The maximum Gasteiger partial charge on any atom is 0.281 e. The Hall–Kier alpha value is -3.85. The van der Waals surface area contributed by atoms with Crippen molar-refractivity contribution in [1.82, 2.24) is 4.98 Å². The summed E-state index contributed by atoms with van der Waals surface area (Å²) in [5, 5.41) is 16.8. The fraction of sp³-hybridized carbons (Fsp3) is 0.0500. The number of nitrogens with zero attached hydrogens (tertiary/aromatic N) is 4. The van der Waals surface area contributed by atoms with Gasteiger partial charge in [-0.3, -0.25) is 14.9 Å². The van der Waals surface area contributed by atoms with Gasteiger partial charge in [0.25, 0.3) is 11.6 Å². The first-order valence-electron chi connectivity index (χ1n) is 8.55. The summed E-state index contributed by atoms with van der Waals surface area (Å²) in [6.07, 6.45) is 2.89. The minimum Gasteiger partial charge on any atom is -0.463 e. The molecule has 0 radical (unpaired) electrons. The van der Waals surface area contributed by atoms with Crippen LogP contribution in [0.3, 0.4) is 0 Å². The number of amides is 1. The third-order valence-corrected chi connectivity index (χ3v) is 5.05. The first kappa shape index (κ1) is 18.5. The zero-order valence-electron chi connectivity index (χ0n) is 15.2. The number of aryl methyl sites for hydroxylation is 1. The molecule has 0 unspecified atom stereocenters. The maximum absolute atomic E-state index is 13.1. The van der Waals surface area contributed by atoms with Crippen molar-refractivity contribution in [3.63, 3.8) is 0 Å². The molecule has 0 aliphatic carbocycles. The zero-order valence-corrected chi connectivity index (χ0v) is 16.0. The number of carbonyl (C=O) groups is 1. The van der Waals surface area contributed by atoms with E-state index in [9.17, 15) is 14.9 Å². The quantitative estimate of drug-likeness (QED) is 0.269. The summed E-state index contributed by atoms with van der Waals surface area (Å²) >= 11 is 1.31. The molecule has 9 heteroatoms. The average Bonchev–Trinajstić information content (AvgIpc) is 3.37. The Labute approximate surface area is 168 Å². The number of thiazole rings is 1. The van der Waals surface area contributed by atoms with Crippen LogP contribution in [0.25, 0.3) is 10.2 Å². The van der Waals surface area contributed by atoms with Gasteiger partial charge in [0.15, 0.2) is 0 Å². The maximum atomic E-state index is 13.1. The highest BCUT2D eigenvalue weighted by Crippen LogP contribution is 2.31. The van der Waals surface area contributed by atoms with E-state index in [4.69, 9.17) is 4.42 Å². The van der Waals surface area contributed by atoms with Gasteiger partial charge in [-0.1, -0.05) is 23.5 Å². The van der Waals surface area contributed by atoms with Gasteiger partial charge in [0.05, 0.1) is 27.6 Å². The normalized spacial score (nSPS) is 11.2. The number of carbonyl (C=O) groups excluding carboxylic acids is 1. The van der Waals surface area contributed by atoms with Crippen LogP contribution in [0.1, 0.15) is 21.7 Å². The van der Waals surface area contributed by atoms with Crippen molar-refractivity contribution >= 4 is 44.5 Å². The summed E-state index contributed by atoms with van der Waals surface area (Å²) in [4.78, 5) is 28.2. The van der Waals surface area contributed by atoms with Gasteiger partial charge in [-0.15, -0.1) is 0 Å². The van der Waals surface area contributed by atoms with Crippen LogP contribution in [0.15, 0.2) is 70.4 Å². The molecule has 0 spiro atoms. The molecule has 1 amide bonds. The number of hydrogen-bond donors (Lipinski definition) is 0. The number of nitro benzene ring substituents is 1. The Morgan fingerprint density at radius 3 is 2.86 bits per heavy atom. The first-order valence-corrected chi connectivity index (χ1v) is 9.36. The molecule has 4 rings (SSSR count). The van der Waals surface area contributed by atoms with E-state index in [0.717, 1.165) is 20.8 Å². The number of hydrazone groups is 1. The largest absolute Gasteiger partial charge is 0.463 e. The lowest BCUT2D eigenvalue weighted by Gasteiger charge is -2.13. The number of non-ortho nitro benzene ring substituents is 1. The monoisotopic (exact) mass is 406 g/mol. The second-order valence-electron chi connectivity index (χ2n) is 6.15. The molecular weight excluding hydrogens is 392 g/mol. The molecule has 0 saturated carbocycles. The van der Waals surface area contributed by atoms with Crippen LogP contribution in [0.5, 0.6) is 0 Å². The van der Waals surface area contributed by atoms with E-state index in [2.05, 4.69) is 10.1 Å². The van der Waals surface area contributed by atoms with Crippen LogP contribution in [-0.2, 0) is 0 Å². The van der Waals surface area contributed by atoms with E-state index in [1.165, 1.54) is 48.1 Å². The Bertz CT molecular complexity index is 1230. The summed E-state index contributed by atoms with van der Waals surface area (Å²) < 4.78 is 6.14. The van der Waals surface area contributed by atoms with Crippen LogP contribution in [-0.4, -0.2) is 22.0 Å². The van der Waals surface area contributed by atoms with Gasteiger partial charge in [-0.05, 0) is 42.8 Å². The highest BCUT2D eigenvalue weighted by molar-refractivity contribution is 7.22. The zero-order chi connectivity index (χ0) is 20.4. The van der Waals surface area contributed by atoms with Gasteiger partial charge in [-0.2, -0.15) is 10.1 Å². The van der Waals surface area contributed by atoms with Crippen molar-refractivity contribution in [2.24, 2.45) is 5.10 Å². The van der Waals surface area contributed by atoms with Gasteiger partial charge in [0.2, 0.25) is 5.13 Å². The van der Waals surface area contributed by atoms with Crippen molar-refractivity contribution in [2.75, 3.05) is 5.01 Å². The molecule has 2 aromatic carbocycles. The van der Waals surface area contributed by atoms with Gasteiger partial charge in [0, 0.05) is 17.7 Å². The number of rotatable bonds is 5. The van der Waals surface area contributed by atoms with Gasteiger partial charge >= 0.3 is 0 Å². The SMILES string of the molecule is Cc1ccc2nc(N(/N=C\c3ccco3)C(=O)c3cccc([N+](=O)[O-])c3)sc2c1. The number of furan rings is 1. The predicted octanol–water partition coefficient (Wildman–Crippen LogP) is 4.79. The Kier molecular flexibility index (Phi) is 4.88. The lowest BCUT2D eigenvalue weighted by molar-refractivity contribution is -0.384. The summed E-state index contributed by atoms with van der Waals surface area (Å²) in [7, 11) is 0. The predicted molar refractivity (Wildman–Crippen MR) is 111 cm³/mol. The number of nitro groups is 1. The molecule has 8 nitrogen and oxygen atoms in total. The number of hydrogen-bond acceptors (Lipinski definition) is 7. The van der Waals surface area contributed by atoms with Crippen LogP contribution < -0.4 is 5.01 Å². The molecule has 0 bridgehead atoms. The first-order chi connectivity index (χ1) is 14.0. The minimum atomic E-state index is -0.548. The number of anilines is 1. The molecule has 0 aliphatic rings. The van der Waals surface area contributed by atoms with E-state index < -0.39 is 10.8 Å². The molecule has 0 saturated heterocycles. The summed E-state index contributed by atoms with van der Waals surface area (Å²) in [6, 6.07) is 14.7.